The van der Waals surface area contributed by atoms with E-state index in [0.717, 1.165) is 6.07 Å². The first-order valence-electron chi connectivity index (χ1n) is 5.11. The number of nitrogen functional groups attached to an aromatic ring is 1. The summed E-state index contributed by atoms with van der Waals surface area (Å²) in [6.45, 7) is 0. The van der Waals surface area contributed by atoms with Crippen LogP contribution >= 0.6 is 0 Å². The molecule has 6 heteroatoms. The van der Waals surface area contributed by atoms with E-state index in [1.807, 2.05) is 0 Å². The van der Waals surface area contributed by atoms with Gasteiger partial charge in [0, 0.05) is 24.1 Å². The highest BCUT2D eigenvalue weighted by molar-refractivity contribution is 6.04. The Morgan fingerprint density at radius 1 is 1.33 bits per heavy atom. The van der Waals surface area contributed by atoms with Gasteiger partial charge in [0.15, 0.2) is 5.43 Å². The number of aromatic nitrogens is 1. The molecule has 0 spiro atoms. The first-order chi connectivity index (χ1) is 8.58. The van der Waals surface area contributed by atoms with Crippen LogP contribution < -0.4 is 16.5 Å². The lowest BCUT2D eigenvalue weighted by Crippen LogP contribution is -2.21. The molecule has 0 atom stereocenters. The van der Waals surface area contributed by atoms with Gasteiger partial charge in [0.25, 0.3) is 5.91 Å². The first-order valence-corrected chi connectivity index (χ1v) is 5.11. The minimum atomic E-state index is -0.680. The number of amides is 1. The Labute approximate surface area is 101 Å². The second kappa shape index (κ2) is 4.70. The number of nitrogens with one attached hydrogen (secondary N) is 2. The number of aromatic amines is 1. The normalized spacial score (nSPS) is 10.1. The molecule has 92 valence electrons. The van der Waals surface area contributed by atoms with Crippen molar-refractivity contribution >= 4 is 17.3 Å². The highest BCUT2D eigenvalue weighted by Crippen LogP contribution is 2.17. The second-order valence-corrected chi connectivity index (χ2v) is 3.62. The van der Waals surface area contributed by atoms with Crippen LogP contribution in [0.5, 0.6) is 0 Å². The molecule has 1 aromatic heterocycles. The fourth-order valence-electron chi connectivity index (χ4n) is 1.42. The van der Waals surface area contributed by atoms with Crippen molar-refractivity contribution in [2.24, 2.45) is 0 Å². The first kappa shape index (κ1) is 11.8. The number of rotatable bonds is 2. The van der Waals surface area contributed by atoms with Gasteiger partial charge in [0.1, 0.15) is 11.4 Å². The molecule has 0 fully saturated rings. The van der Waals surface area contributed by atoms with E-state index in [4.69, 9.17) is 5.73 Å². The molecule has 18 heavy (non-hydrogen) atoms. The van der Waals surface area contributed by atoms with Crippen LogP contribution in [0.25, 0.3) is 0 Å². The highest BCUT2D eigenvalue weighted by Gasteiger charge is 2.12. The lowest BCUT2D eigenvalue weighted by molar-refractivity contribution is 0.102. The van der Waals surface area contributed by atoms with Gasteiger partial charge in [-0.2, -0.15) is 0 Å². The van der Waals surface area contributed by atoms with Gasteiger partial charge in [-0.25, -0.2) is 4.39 Å². The molecule has 0 radical (unpaired) electrons. The van der Waals surface area contributed by atoms with Gasteiger partial charge in [-0.3, -0.25) is 9.59 Å². The molecule has 0 bridgehead atoms. The maximum absolute atomic E-state index is 13.4. The van der Waals surface area contributed by atoms with E-state index in [2.05, 4.69) is 10.3 Å². The molecule has 0 aliphatic rings. The number of hydrogen-bond donors (Lipinski definition) is 3. The van der Waals surface area contributed by atoms with Gasteiger partial charge in [-0.05, 0) is 18.2 Å². The van der Waals surface area contributed by atoms with Crippen molar-refractivity contribution in [3.63, 3.8) is 0 Å². The fourth-order valence-corrected chi connectivity index (χ4v) is 1.42. The molecule has 2 rings (SSSR count). The predicted molar refractivity (Wildman–Crippen MR) is 65.8 cm³/mol. The van der Waals surface area contributed by atoms with Crippen LogP contribution in [-0.2, 0) is 0 Å². The van der Waals surface area contributed by atoms with Gasteiger partial charge >= 0.3 is 0 Å². The standard InChI is InChI=1S/C12H10FN3O2/c13-9-5-7(14)1-2-10(9)16-12(18)8-6-15-4-3-11(8)17/h1-6H,14H2,(H,15,17)(H,16,18). The minimum absolute atomic E-state index is 0.0301. The largest absolute Gasteiger partial charge is 0.399 e. The van der Waals surface area contributed by atoms with Gasteiger partial charge in [0.05, 0.1) is 5.69 Å². The zero-order chi connectivity index (χ0) is 13.1. The summed E-state index contributed by atoms with van der Waals surface area (Å²) in [6.07, 6.45) is 2.66. The molecule has 2 aromatic rings. The number of nitrogens with two attached hydrogens (primary N) is 1. The molecular formula is C12H10FN3O2. The Kier molecular flexibility index (Phi) is 3.09. The Balaban J connectivity index is 2.27. The summed E-state index contributed by atoms with van der Waals surface area (Å²) >= 11 is 0. The monoisotopic (exact) mass is 247 g/mol. The van der Waals surface area contributed by atoms with Crippen molar-refractivity contribution in [2.75, 3.05) is 11.1 Å². The van der Waals surface area contributed by atoms with Crippen LogP contribution in [0.2, 0.25) is 0 Å². The van der Waals surface area contributed by atoms with E-state index >= 15 is 0 Å². The zero-order valence-corrected chi connectivity index (χ0v) is 9.24. The van der Waals surface area contributed by atoms with E-state index in [1.165, 1.54) is 30.6 Å². The lowest BCUT2D eigenvalue weighted by Gasteiger charge is -2.06. The maximum atomic E-state index is 13.4. The van der Waals surface area contributed by atoms with Crippen molar-refractivity contribution in [2.45, 2.75) is 0 Å². The summed E-state index contributed by atoms with van der Waals surface area (Å²) in [4.78, 5) is 25.8. The number of anilines is 2. The van der Waals surface area contributed by atoms with Crippen molar-refractivity contribution in [3.05, 3.63) is 58.3 Å². The molecule has 4 N–H and O–H groups in total. The Bertz CT molecular complexity index is 652. The van der Waals surface area contributed by atoms with Gasteiger partial charge in [-0.15, -0.1) is 0 Å². The van der Waals surface area contributed by atoms with Crippen molar-refractivity contribution in [3.8, 4) is 0 Å². The molecule has 5 nitrogen and oxygen atoms in total. The number of halogens is 1. The maximum Gasteiger partial charge on any atom is 0.261 e. The third-order valence-electron chi connectivity index (χ3n) is 2.31. The molecule has 1 amide bonds. The number of H-pyrrole nitrogens is 1. The lowest BCUT2D eigenvalue weighted by atomic mass is 10.2. The van der Waals surface area contributed by atoms with E-state index in [9.17, 15) is 14.0 Å². The van der Waals surface area contributed by atoms with Gasteiger partial charge < -0.3 is 16.0 Å². The number of hydrogen-bond acceptors (Lipinski definition) is 3. The van der Waals surface area contributed by atoms with Crippen molar-refractivity contribution in [1.82, 2.24) is 4.98 Å². The summed E-state index contributed by atoms with van der Waals surface area (Å²) in [6, 6.07) is 5.09. The second-order valence-electron chi connectivity index (χ2n) is 3.62. The summed E-state index contributed by atoms with van der Waals surface area (Å²) in [5.74, 6) is -1.34. The SMILES string of the molecule is Nc1ccc(NC(=O)c2c[nH]ccc2=O)c(F)c1. The number of carbonyl (C=O) groups is 1. The Morgan fingerprint density at radius 3 is 2.78 bits per heavy atom. The molecule has 0 saturated heterocycles. The van der Waals surface area contributed by atoms with Gasteiger partial charge in [-0.1, -0.05) is 0 Å². The summed E-state index contributed by atoms with van der Waals surface area (Å²) in [5.41, 5.74) is 5.08. The average Bonchev–Trinajstić information content (AvgIpc) is 2.33. The summed E-state index contributed by atoms with van der Waals surface area (Å²) < 4.78 is 13.4. The smallest absolute Gasteiger partial charge is 0.261 e. The molecular weight excluding hydrogens is 237 g/mol. The summed E-state index contributed by atoms with van der Waals surface area (Å²) in [7, 11) is 0. The van der Waals surface area contributed by atoms with Crippen LogP contribution in [0.15, 0.2) is 41.5 Å². The highest BCUT2D eigenvalue weighted by atomic mass is 19.1. The van der Waals surface area contributed by atoms with E-state index in [0.29, 0.717) is 0 Å². The summed E-state index contributed by atoms with van der Waals surface area (Å²) in [5, 5.41) is 2.31. The fraction of sp³-hybridized carbons (Fsp3) is 0. The third-order valence-corrected chi connectivity index (χ3v) is 2.31. The molecule has 0 unspecified atom stereocenters. The van der Waals surface area contributed by atoms with Crippen LogP contribution in [-0.4, -0.2) is 10.9 Å². The van der Waals surface area contributed by atoms with Crippen LogP contribution in [0.3, 0.4) is 0 Å². The third kappa shape index (κ3) is 2.37. The topological polar surface area (TPSA) is 88.0 Å². The quantitative estimate of drug-likeness (QED) is 0.700. The molecule has 0 aliphatic heterocycles. The van der Waals surface area contributed by atoms with E-state index in [1.54, 1.807) is 0 Å². The average molecular weight is 247 g/mol. The van der Waals surface area contributed by atoms with Crippen LogP contribution in [0, 0.1) is 5.82 Å². The molecule has 1 aromatic carbocycles. The predicted octanol–water partition coefficient (Wildman–Crippen LogP) is 1.35. The van der Waals surface area contributed by atoms with Crippen molar-refractivity contribution in [1.29, 1.82) is 0 Å². The van der Waals surface area contributed by atoms with Crippen LogP contribution in [0.4, 0.5) is 15.8 Å². The van der Waals surface area contributed by atoms with Crippen molar-refractivity contribution < 1.29 is 9.18 Å². The van der Waals surface area contributed by atoms with E-state index in [-0.39, 0.29) is 16.9 Å². The zero-order valence-electron chi connectivity index (χ0n) is 9.24. The number of benzene rings is 1. The molecule has 1 heterocycles. The minimum Gasteiger partial charge on any atom is -0.399 e. The Hall–Kier alpha value is -2.63. The number of pyridine rings is 1. The number of carbonyl (C=O) groups excluding carboxylic acids is 1. The van der Waals surface area contributed by atoms with Crippen LogP contribution in [0.1, 0.15) is 10.4 Å². The van der Waals surface area contributed by atoms with E-state index < -0.39 is 17.2 Å². The molecule has 0 saturated carbocycles. The molecule has 0 aliphatic carbocycles. The van der Waals surface area contributed by atoms with Gasteiger partial charge in [0.2, 0.25) is 0 Å². The Morgan fingerprint density at radius 2 is 2.11 bits per heavy atom.